The van der Waals surface area contributed by atoms with Crippen LogP contribution in [0, 0.1) is 5.92 Å². The van der Waals surface area contributed by atoms with Crippen LogP contribution in [0.1, 0.15) is 57.7 Å². The van der Waals surface area contributed by atoms with E-state index in [2.05, 4.69) is 69.5 Å². The zero-order chi connectivity index (χ0) is 15.1. The molecule has 0 aliphatic carbocycles. The number of rotatable bonds is 7. The van der Waals surface area contributed by atoms with Crippen LogP contribution in [-0.4, -0.2) is 19.0 Å². The molecule has 0 spiro atoms. The van der Waals surface area contributed by atoms with Crippen molar-refractivity contribution in [1.82, 2.24) is 10.6 Å². The Balaban J connectivity index is 2.42. The number of benzene rings is 1. The summed E-state index contributed by atoms with van der Waals surface area (Å²) in [7, 11) is 0. The minimum absolute atomic E-state index is 0.0596. The van der Waals surface area contributed by atoms with Gasteiger partial charge in [0.25, 0.3) is 0 Å². The van der Waals surface area contributed by atoms with E-state index >= 15 is 0 Å². The van der Waals surface area contributed by atoms with E-state index in [-0.39, 0.29) is 11.9 Å². The van der Waals surface area contributed by atoms with Gasteiger partial charge in [-0.1, -0.05) is 52.0 Å². The predicted molar refractivity (Wildman–Crippen MR) is 84.8 cm³/mol. The molecular weight excluding hydrogens is 248 g/mol. The Hall–Kier alpha value is -1.35. The fourth-order valence-electron chi connectivity index (χ4n) is 1.91. The Kier molecular flexibility index (Phi) is 6.73. The highest BCUT2D eigenvalue weighted by Crippen LogP contribution is 2.18. The Labute approximate surface area is 123 Å². The molecule has 1 amide bonds. The molecule has 0 fully saturated rings. The molecule has 3 nitrogen and oxygen atoms in total. The summed E-state index contributed by atoms with van der Waals surface area (Å²) in [6.07, 6.45) is 0. The predicted octanol–water partition coefficient (Wildman–Crippen LogP) is 3.23. The second-order valence-corrected chi connectivity index (χ2v) is 6.12. The summed E-state index contributed by atoms with van der Waals surface area (Å²) in [4.78, 5) is 11.7. The molecule has 1 atom stereocenters. The molecule has 1 rings (SSSR count). The van der Waals surface area contributed by atoms with Crippen molar-refractivity contribution in [3.63, 3.8) is 0 Å². The molecule has 0 saturated heterocycles. The second-order valence-electron chi connectivity index (χ2n) is 6.12. The molecule has 20 heavy (non-hydrogen) atoms. The molecule has 0 bridgehead atoms. The standard InChI is InChI=1S/C17H28N2O/c1-12(2)10-19-17(20)11-18-14(5)16-8-6-15(7-9-16)13(3)4/h6-9,12-14,18H,10-11H2,1-5H3,(H,19,20). The Bertz CT molecular complexity index is 410. The zero-order valence-corrected chi connectivity index (χ0v) is 13.4. The third-order valence-corrected chi connectivity index (χ3v) is 3.38. The lowest BCUT2D eigenvalue weighted by Crippen LogP contribution is -2.36. The van der Waals surface area contributed by atoms with Gasteiger partial charge in [-0.05, 0) is 29.9 Å². The van der Waals surface area contributed by atoms with Crippen molar-refractivity contribution < 1.29 is 4.79 Å². The molecule has 0 saturated carbocycles. The molecule has 1 aromatic carbocycles. The van der Waals surface area contributed by atoms with Gasteiger partial charge in [-0.2, -0.15) is 0 Å². The number of amides is 1. The van der Waals surface area contributed by atoms with Crippen molar-refractivity contribution in [3.8, 4) is 0 Å². The number of nitrogens with one attached hydrogen (secondary N) is 2. The minimum atomic E-state index is 0.0596. The highest BCUT2D eigenvalue weighted by atomic mass is 16.1. The fraction of sp³-hybridized carbons (Fsp3) is 0.588. The van der Waals surface area contributed by atoms with Gasteiger partial charge in [-0.3, -0.25) is 4.79 Å². The molecule has 2 N–H and O–H groups in total. The summed E-state index contributed by atoms with van der Waals surface area (Å²) in [5.74, 6) is 1.10. The van der Waals surface area contributed by atoms with Crippen molar-refractivity contribution in [3.05, 3.63) is 35.4 Å². The summed E-state index contributed by atoms with van der Waals surface area (Å²) < 4.78 is 0. The van der Waals surface area contributed by atoms with E-state index in [0.29, 0.717) is 18.4 Å². The number of hydrogen-bond donors (Lipinski definition) is 2. The third kappa shape index (κ3) is 5.74. The largest absolute Gasteiger partial charge is 0.355 e. The first-order valence-corrected chi connectivity index (χ1v) is 7.50. The minimum Gasteiger partial charge on any atom is -0.355 e. The van der Waals surface area contributed by atoms with Gasteiger partial charge >= 0.3 is 0 Å². The van der Waals surface area contributed by atoms with Gasteiger partial charge in [-0.15, -0.1) is 0 Å². The van der Waals surface area contributed by atoms with Gasteiger partial charge in [0.15, 0.2) is 0 Å². The van der Waals surface area contributed by atoms with Crippen LogP contribution in [0.15, 0.2) is 24.3 Å². The van der Waals surface area contributed by atoms with E-state index in [1.54, 1.807) is 0 Å². The molecule has 0 radical (unpaired) electrons. The molecule has 3 heteroatoms. The quantitative estimate of drug-likeness (QED) is 0.803. The van der Waals surface area contributed by atoms with Gasteiger partial charge in [0, 0.05) is 12.6 Å². The first-order valence-electron chi connectivity index (χ1n) is 7.50. The topological polar surface area (TPSA) is 41.1 Å². The monoisotopic (exact) mass is 276 g/mol. The fourth-order valence-corrected chi connectivity index (χ4v) is 1.91. The van der Waals surface area contributed by atoms with Crippen LogP contribution in [0.4, 0.5) is 0 Å². The number of carbonyl (C=O) groups is 1. The van der Waals surface area contributed by atoms with E-state index in [1.165, 1.54) is 11.1 Å². The molecule has 0 aliphatic rings. The molecule has 0 heterocycles. The average molecular weight is 276 g/mol. The van der Waals surface area contributed by atoms with Crippen LogP contribution in [0.5, 0.6) is 0 Å². The van der Waals surface area contributed by atoms with Crippen molar-refractivity contribution in [2.75, 3.05) is 13.1 Å². The zero-order valence-electron chi connectivity index (χ0n) is 13.4. The summed E-state index contributed by atoms with van der Waals surface area (Å²) in [5.41, 5.74) is 2.56. The van der Waals surface area contributed by atoms with Crippen LogP contribution < -0.4 is 10.6 Å². The Morgan fingerprint density at radius 3 is 2.05 bits per heavy atom. The number of carbonyl (C=O) groups excluding carboxylic acids is 1. The van der Waals surface area contributed by atoms with Gasteiger partial charge < -0.3 is 10.6 Å². The van der Waals surface area contributed by atoms with Gasteiger partial charge in [0.1, 0.15) is 0 Å². The summed E-state index contributed by atoms with van der Waals surface area (Å²) in [6, 6.07) is 8.78. The van der Waals surface area contributed by atoms with Crippen LogP contribution in [0.3, 0.4) is 0 Å². The molecule has 1 unspecified atom stereocenters. The van der Waals surface area contributed by atoms with Crippen molar-refractivity contribution in [2.24, 2.45) is 5.92 Å². The maximum atomic E-state index is 11.7. The first-order chi connectivity index (χ1) is 9.40. The lowest BCUT2D eigenvalue weighted by atomic mass is 9.99. The second kappa shape index (κ2) is 8.05. The van der Waals surface area contributed by atoms with E-state index < -0.39 is 0 Å². The van der Waals surface area contributed by atoms with E-state index in [9.17, 15) is 4.79 Å². The molecule has 0 aromatic heterocycles. The smallest absolute Gasteiger partial charge is 0.233 e. The Morgan fingerprint density at radius 2 is 1.55 bits per heavy atom. The highest BCUT2D eigenvalue weighted by molar-refractivity contribution is 5.78. The van der Waals surface area contributed by atoms with Crippen LogP contribution in [-0.2, 0) is 4.79 Å². The van der Waals surface area contributed by atoms with Crippen LogP contribution in [0.25, 0.3) is 0 Å². The maximum absolute atomic E-state index is 11.7. The molecular formula is C17H28N2O. The van der Waals surface area contributed by atoms with Crippen molar-refractivity contribution in [2.45, 2.75) is 46.6 Å². The van der Waals surface area contributed by atoms with E-state index in [0.717, 1.165) is 6.54 Å². The summed E-state index contributed by atoms with van der Waals surface area (Å²) in [5, 5.41) is 6.17. The van der Waals surface area contributed by atoms with Crippen molar-refractivity contribution in [1.29, 1.82) is 0 Å². The van der Waals surface area contributed by atoms with Gasteiger partial charge in [0.2, 0.25) is 5.91 Å². The average Bonchev–Trinajstić information content (AvgIpc) is 2.42. The van der Waals surface area contributed by atoms with Gasteiger partial charge in [-0.25, -0.2) is 0 Å². The van der Waals surface area contributed by atoms with E-state index in [4.69, 9.17) is 0 Å². The number of hydrogen-bond acceptors (Lipinski definition) is 2. The molecule has 1 aromatic rings. The molecule has 112 valence electrons. The Morgan fingerprint density at radius 1 is 1.00 bits per heavy atom. The van der Waals surface area contributed by atoms with Gasteiger partial charge in [0.05, 0.1) is 6.54 Å². The molecule has 0 aliphatic heterocycles. The summed E-state index contributed by atoms with van der Waals surface area (Å²) in [6.45, 7) is 11.7. The van der Waals surface area contributed by atoms with Crippen LogP contribution in [0.2, 0.25) is 0 Å². The normalized spacial score (nSPS) is 12.8. The SMILES string of the molecule is CC(C)CNC(=O)CNC(C)c1ccc(C(C)C)cc1. The summed E-state index contributed by atoms with van der Waals surface area (Å²) >= 11 is 0. The van der Waals surface area contributed by atoms with Crippen LogP contribution >= 0.6 is 0 Å². The van der Waals surface area contributed by atoms with E-state index in [1.807, 2.05) is 0 Å². The highest BCUT2D eigenvalue weighted by Gasteiger charge is 2.08. The van der Waals surface area contributed by atoms with Crippen molar-refractivity contribution >= 4 is 5.91 Å². The lowest BCUT2D eigenvalue weighted by Gasteiger charge is -2.16. The third-order valence-electron chi connectivity index (χ3n) is 3.38. The maximum Gasteiger partial charge on any atom is 0.233 e. The first kappa shape index (κ1) is 16.7. The lowest BCUT2D eigenvalue weighted by molar-refractivity contribution is -0.120.